The standard InChI is InChI=1S/C25H22F4N4O6.H2/c26-17-10-15(32-13-16(38-25(32)36)12-30-23(34)22(28)29)11-18(27)21(17)31-5-6-33(37-8-7-31)24(35)20-9-14-3-1-2-4-19(14)39-20;/h1-4,9-11,16,22H,5-8,12-13H2,(H,30,34);1H/t16-;/m0./s1. The van der Waals surface area contributed by atoms with Crippen LogP contribution < -0.4 is 15.1 Å². The van der Waals surface area contributed by atoms with E-state index < -0.39 is 42.1 Å². The van der Waals surface area contributed by atoms with Crippen LogP contribution in [-0.2, 0) is 14.4 Å². The zero-order valence-electron chi connectivity index (χ0n) is 20.2. The predicted octanol–water partition coefficient (Wildman–Crippen LogP) is 3.56. The van der Waals surface area contributed by atoms with Gasteiger partial charge in [0.15, 0.2) is 17.4 Å². The molecule has 2 fully saturated rings. The average Bonchev–Trinajstić information content (AvgIpc) is 3.42. The van der Waals surface area contributed by atoms with Crippen molar-refractivity contribution in [1.82, 2.24) is 10.4 Å². The molecule has 39 heavy (non-hydrogen) atoms. The molecule has 2 aromatic carbocycles. The van der Waals surface area contributed by atoms with E-state index in [9.17, 15) is 23.2 Å². The molecule has 3 aromatic rings. The van der Waals surface area contributed by atoms with Crippen molar-refractivity contribution in [2.45, 2.75) is 12.5 Å². The minimum Gasteiger partial charge on any atom is -0.451 e. The van der Waals surface area contributed by atoms with E-state index in [0.717, 1.165) is 27.5 Å². The number of nitrogens with zero attached hydrogens (tertiary/aromatic N) is 3. The fraction of sp³-hybridized carbons (Fsp3) is 0.320. The smallest absolute Gasteiger partial charge is 0.414 e. The summed E-state index contributed by atoms with van der Waals surface area (Å²) in [5.41, 5.74) is 0.0236. The molecule has 0 aliphatic carbocycles. The van der Waals surface area contributed by atoms with Crippen LogP contribution in [0.5, 0.6) is 0 Å². The minimum atomic E-state index is -3.23. The van der Waals surface area contributed by atoms with Crippen molar-refractivity contribution < 1.29 is 47.4 Å². The molecule has 14 heteroatoms. The highest BCUT2D eigenvalue weighted by atomic mass is 19.3. The van der Waals surface area contributed by atoms with Gasteiger partial charge in [-0.2, -0.15) is 8.78 Å². The van der Waals surface area contributed by atoms with Gasteiger partial charge < -0.3 is 19.4 Å². The van der Waals surface area contributed by atoms with Crippen LogP contribution in [0.3, 0.4) is 0 Å². The number of anilines is 2. The number of carbonyl (C=O) groups excluding carboxylic acids is 3. The number of amides is 3. The highest BCUT2D eigenvalue weighted by molar-refractivity contribution is 5.95. The zero-order valence-corrected chi connectivity index (χ0v) is 20.2. The van der Waals surface area contributed by atoms with Crippen molar-refractivity contribution in [3.63, 3.8) is 0 Å². The van der Waals surface area contributed by atoms with E-state index in [1.807, 2.05) is 11.4 Å². The Hall–Kier alpha value is -4.33. The van der Waals surface area contributed by atoms with Gasteiger partial charge in [-0.05, 0) is 12.1 Å². The predicted molar refractivity (Wildman–Crippen MR) is 131 cm³/mol. The Labute approximate surface area is 220 Å². The first-order valence-corrected chi connectivity index (χ1v) is 11.9. The first-order chi connectivity index (χ1) is 18.7. The summed E-state index contributed by atoms with van der Waals surface area (Å²) in [6, 6.07) is 10.6. The summed E-state index contributed by atoms with van der Waals surface area (Å²) in [7, 11) is 0. The van der Waals surface area contributed by atoms with Crippen LogP contribution in [-0.4, -0.2) is 74.8 Å². The van der Waals surface area contributed by atoms with Crippen LogP contribution in [0.15, 0.2) is 46.9 Å². The number of furan rings is 1. The maximum Gasteiger partial charge on any atom is 0.414 e. The monoisotopic (exact) mass is 552 g/mol. The van der Waals surface area contributed by atoms with E-state index in [2.05, 4.69) is 0 Å². The molecule has 0 spiro atoms. The van der Waals surface area contributed by atoms with E-state index in [0.29, 0.717) is 5.58 Å². The van der Waals surface area contributed by atoms with Gasteiger partial charge in [0.1, 0.15) is 17.4 Å². The summed E-state index contributed by atoms with van der Waals surface area (Å²) >= 11 is 0. The van der Waals surface area contributed by atoms with Crippen LogP contribution in [0, 0.1) is 11.6 Å². The van der Waals surface area contributed by atoms with Gasteiger partial charge in [-0.15, -0.1) is 0 Å². The molecular weight excluding hydrogens is 528 g/mol. The molecule has 0 radical (unpaired) electrons. The number of alkyl halides is 2. The summed E-state index contributed by atoms with van der Waals surface area (Å²) in [4.78, 5) is 44.0. The molecular formula is C25H24F4N4O6. The maximum atomic E-state index is 15.2. The lowest BCUT2D eigenvalue weighted by molar-refractivity contribution is -0.132. The van der Waals surface area contributed by atoms with Gasteiger partial charge in [-0.3, -0.25) is 19.3 Å². The van der Waals surface area contributed by atoms with Crippen LogP contribution in [0.4, 0.5) is 33.7 Å². The number of cyclic esters (lactones) is 1. The molecule has 0 bridgehead atoms. The van der Waals surface area contributed by atoms with Crippen LogP contribution in [0.1, 0.15) is 12.0 Å². The molecule has 1 aromatic heterocycles. The molecule has 10 nitrogen and oxygen atoms in total. The lowest BCUT2D eigenvalue weighted by atomic mass is 10.2. The lowest BCUT2D eigenvalue weighted by Gasteiger charge is -2.24. The second-order valence-corrected chi connectivity index (χ2v) is 8.80. The molecule has 3 amide bonds. The van der Waals surface area contributed by atoms with Gasteiger partial charge in [0.2, 0.25) is 0 Å². The summed E-state index contributed by atoms with van der Waals surface area (Å²) in [5.74, 6) is -3.93. The number of para-hydroxylation sites is 1. The van der Waals surface area contributed by atoms with Crippen LogP contribution in [0.2, 0.25) is 0 Å². The molecule has 2 saturated heterocycles. The van der Waals surface area contributed by atoms with E-state index in [4.69, 9.17) is 14.0 Å². The maximum absolute atomic E-state index is 15.2. The molecule has 1 atom stereocenters. The Balaban J connectivity index is 0.00000370. The SMILES string of the molecule is O=C(NC[C@H]1CN(c2cc(F)c(N3CCON(C(=O)c4cc5ccccc5o4)CC3)c(F)c2)C(=O)O1)C(F)F.[HH]. The number of carbonyl (C=O) groups is 3. The Morgan fingerprint density at radius 3 is 2.54 bits per heavy atom. The van der Waals surface area contributed by atoms with Crippen LogP contribution in [0.25, 0.3) is 11.0 Å². The number of hydroxylamine groups is 2. The second-order valence-electron chi connectivity index (χ2n) is 8.80. The number of hydrogen-bond donors (Lipinski definition) is 1. The highest BCUT2D eigenvalue weighted by Crippen LogP contribution is 2.31. The molecule has 5 rings (SSSR count). The zero-order chi connectivity index (χ0) is 27.7. The number of rotatable bonds is 6. The van der Waals surface area contributed by atoms with E-state index >= 15 is 8.78 Å². The van der Waals surface area contributed by atoms with Crippen molar-refractivity contribution in [2.75, 3.05) is 49.1 Å². The van der Waals surface area contributed by atoms with Gasteiger partial charge in [0, 0.05) is 32.0 Å². The molecule has 0 unspecified atom stereocenters. The second kappa shape index (κ2) is 10.8. The Morgan fingerprint density at radius 1 is 1.08 bits per heavy atom. The van der Waals surface area contributed by atoms with Crippen molar-refractivity contribution in [1.29, 1.82) is 0 Å². The van der Waals surface area contributed by atoms with Gasteiger partial charge in [0.05, 0.1) is 31.9 Å². The van der Waals surface area contributed by atoms with Crippen molar-refractivity contribution in [3.8, 4) is 0 Å². The third kappa shape index (κ3) is 5.46. The molecule has 1 N–H and O–H groups in total. The Morgan fingerprint density at radius 2 is 1.82 bits per heavy atom. The summed E-state index contributed by atoms with van der Waals surface area (Å²) in [6.45, 7) is -0.549. The third-order valence-corrected chi connectivity index (χ3v) is 6.25. The largest absolute Gasteiger partial charge is 0.451 e. The fourth-order valence-corrected chi connectivity index (χ4v) is 4.38. The molecule has 2 aliphatic rings. The highest BCUT2D eigenvalue weighted by Gasteiger charge is 2.35. The quantitative estimate of drug-likeness (QED) is 0.467. The normalized spacial score (nSPS) is 18.0. The molecule has 0 saturated carbocycles. The van der Waals surface area contributed by atoms with Gasteiger partial charge >= 0.3 is 18.4 Å². The average molecular weight is 552 g/mol. The van der Waals surface area contributed by atoms with E-state index in [1.54, 1.807) is 24.3 Å². The van der Waals surface area contributed by atoms with Crippen molar-refractivity contribution >= 4 is 40.3 Å². The molecule has 2 aliphatic heterocycles. The Kier molecular flexibility index (Phi) is 7.28. The number of nitrogens with one attached hydrogen (secondary N) is 1. The Bertz CT molecular complexity index is 1370. The lowest BCUT2D eigenvalue weighted by Crippen LogP contribution is -2.37. The number of halogens is 4. The number of fused-ring (bicyclic) bond motifs is 1. The fourth-order valence-electron chi connectivity index (χ4n) is 4.38. The summed E-state index contributed by atoms with van der Waals surface area (Å²) in [6.07, 6.45) is -5.15. The van der Waals surface area contributed by atoms with E-state index in [-0.39, 0.29) is 57.9 Å². The molecule has 208 valence electrons. The van der Waals surface area contributed by atoms with Crippen molar-refractivity contribution in [3.05, 3.63) is 59.9 Å². The number of benzene rings is 2. The summed E-state index contributed by atoms with van der Waals surface area (Å²) in [5, 5.41) is 3.75. The first-order valence-electron chi connectivity index (χ1n) is 11.9. The van der Waals surface area contributed by atoms with Crippen molar-refractivity contribution in [2.24, 2.45) is 0 Å². The number of hydrogen-bond acceptors (Lipinski definition) is 7. The van der Waals surface area contributed by atoms with Crippen LogP contribution >= 0.6 is 0 Å². The van der Waals surface area contributed by atoms with E-state index in [1.165, 1.54) is 4.90 Å². The topological polar surface area (TPSA) is 105 Å². The summed E-state index contributed by atoms with van der Waals surface area (Å²) < 4.78 is 65.6. The van der Waals surface area contributed by atoms with Gasteiger partial charge in [-0.25, -0.2) is 18.6 Å². The third-order valence-electron chi connectivity index (χ3n) is 6.25. The molecule has 3 heterocycles. The first kappa shape index (κ1) is 26.3. The van der Waals surface area contributed by atoms with Gasteiger partial charge in [0.25, 0.3) is 5.91 Å². The number of ether oxygens (including phenoxy) is 1. The minimum absolute atomic E-state index is 0. The van der Waals surface area contributed by atoms with Gasteiger partial charge in [-0.1, -0.05) is 18.2 Å².